The minimum absolute atomic E-state index is 0.246. The lowest BCUT2D eigenvalue weighted by Gasteiger charge is -2.57. The number of pyridine rings is 1. The number of alkyl halides is 3. The summed E-state index contributed by atoms with van der Waals surface area (Å²) in [4.78, 5) is 4.18. The summed E-state index contributed by atoms with van der Waals surface area (Å²) in [7, 11) is 0. The van der Waals surface area contributed by atoms with Gasteiger partial charge in [-0.1, -0.05) is 0 Å². The molecule has 1 aromatic heterocycles. The van der Waals surface area contributed by atoms with Gasteiger partial charge in [0.15, 0.2) is 0 Å². The number of aryl methyl sites for hydroxylation is 1. The van der Waals surface area contributed by atoms with Crippen LogP contribution in [0.2, 0.25) is 0 Å². The zero-order valence-electron chi connectivity index (χ0n) is 12.5. The molecule has 3 rings (SSSR count). The Bertz CT molecular complexity index is 544. The standard InChI is InChI=1S/C15H21F3N4/c1-9-12(2-3-13(21-9)20-8-15(16,17)18)22-11-6-14(7-11)4-10(19)5-14/h2-3,10-11,22H,4-8,19H2,1H3,(H,20,21). The first kappa shape index (κ1) is 15.4. The summed E-state index contributed by atoms with van der Waals surface area (Å²) < 4.78 is 36.5. The van der Waals surface area contributed by atoms with Crippen LogP contribution in [0.1, 0.15) is 31.4 Å². The van der Waals surface area contributed by atoms with Crippen molar-refractivity contribution in [2.75, 3.05) is 17.2 Å². The van der Waals surface area contributed by atoms with E-state index < -0.39 is 12.7 Å². The zero-order valence-corrected chi connectivity index (χ0v) is 12.5. The summed E-state index contributed by atoms with van der Waals surface area (Å²) >= 11 is 0. The van der Waals surface area contributed by atoms with Gasteiger partial charge >= 0.3 is 6.18 Å². The molecule has 1 spiro atoms. The highest BCUT2D eigenvalue weighted by Gasteiger charge is 2.51. The van der Waals surface area contributed by atoms with Crippen molar-refractivity contribution < 1.29 is 13.2 Å². The molecule has 0 amide bonds. The molecule has 1 heterocycles. The fourth-order valence-electron chi connectivity index (χ4n) is 3.70. The molecule has 2 aliphatic rings. The van der Waals surface area contributed by atoms with Crippen LogP contribution in [0.4, 0.5) is 24.7 Å². The topological polar surface area (TPSA) is 63.0 Å². The lowest BCUT2D eigenvalue weighted by Crippen LogP contribution is -2.57. The SMILES string of the molecule is Cc1nc(NCC(F)(F)F)ccc1NC1CC2(CC(N)C2)C1. The quantitative estimate of drug-likeness (QED) is 0.799. The molecule has 0 bridgehead atoms. The van der Waals surface area contributed by atoms with Crippen LogP contribution in [-0.4, -0.2) is 29.8 Å². The van der Waals surface area contributed by atoms with Crippen LogP contribution < -0.4 is 16.4 Å². The molecule has 22 heavy (non-hydrogen) atoms. The molecule has 4 nitrogen and oxygen atoms in total. The predicted octanol–water partition coefficient (Wildman–Crippen LogP) is 3.05. The molecule has 0 atom stereocenters. The number of hydrogen-bond acceptors (Lipinski definition) is 4. The number of nitrogens with two attached hydrogens (primary N) is 1. The molecule has 7 heteroatoms. The maximum Gasteiger partial charge on any atom is 0.405 e. The van der Waals surface area contributed by atoms with E-state index in [4.69, 9.17) is 5.73 Å². The third-order valence-electron chi connectivity index (χ3n) is 4.66. The number of rotatable bonds is 4. The number of anilines is 2. The van der Waals surface area contributed by atoms with Crippen LogP contribution in [0.15, 0.2) is 12.1 Å². The van der Waals surface area contributed by atoms with Gasteiger partial charge in [0.05, 0.1) is 11.4 Å². The molecule has 0 saturated heterocycles. The van der Waals surface area contributed by atoms with E-state index in [1.807, 2.05) is 0 Å². The van der Waals surface area contributed by atoms with Gasteiger partial charge in [0.2, 0.25) is 0 Å². The number of aromatic nitrogens is 1. The first-order valence-electron chi connectivity index (χ1n) is 7.55. The minimum Gasteiger partial charge on any atom is -0.381 e. The molecule has 2 saturated carbocycles. The van der Waals surface area contributed by atoms with Crippen molar-refractivity contribution in [1.82, 2.24) is 4.98 Å². The minimum atomic E-state index is -4.24. The molecule has 0 aromatic carbocycles. The van der Waals surface area contributed by atoms with E-state index in [0.29, 0.717) is 23.2 Å². The molecule has 4 N–H and O–H groups in total. The summed E-state index contributed by atoms with van der Waals surface area (Å²) in [5.41, 5.74) is 7.89. The van der Waals surface area contributed by atoms with Gasteiger partial charge in [0.1, 0.15) is 12.4 Å². The maximum absolute atomic E-state index is 12.2. The summed E-state index contributed by atoms with van der Waals surface area (Å²) in [5.74, 6) is 0.246. The van der Waals surface area contributed by atoms with Gasteiger partial charge in [-0.05, 0) is 50.2 Å². The Morgan fingerprint density at radius 3 is 2.50 bits per heavy atom. The first-order valence-corrected chi connectivity index (χ1v) is 7.55. The van der Waals surface area contributed by atoms with Crippen molar-refractivity contribution in [3.8, 4) is 0 Å². The maximum atomic E-state index is 12.2. The summed E-state index contributed by atoms with van der Waals surface area (Å²) in [6.07, 6.45) is 0.226. The molecular formula is C15H21F3N4. The number of hydrogen-bond donors (Lipinski definition) is 3. The van der Waals surface area contributed by atoms with E-state index in [0.717, 1.165) is 31.4 Å². The monoisotopic (exact) mass is 314 g/mol. The average molecular weight is 314 g/mol. The van der Waals surface area contributed by atoms with Gasteiger partial charge in [-0.2, -0.15) is 13.2 Å². The van der Waals surface area contributed by atoms with E-state index in [9.17, 15) is 13.2 Å². The van der Waals surface area contributed by atoms with E-state index in [-0.39, 0.29) is 5.82 Å². The Balaban J connectivity index is 1.52. The molecule has 0 unspecified atom stereocenters. The van der Waals surface area contributed by atoms with Crippen LogP contribution in [0.5, 0.6) is 0 Å². The third kappa shape index (κ3) is 3.29. The number of halogens is 3. The van der Waals surface area contributed by atoms with E-state index in [1.165, 1.54) is 0 Å². The lowest BCUT2D eigenvalue weighted by atomic mass is 9.52. The highest BCUT2D eigenvalue weighted by Crippen LogP contribution is 2.55. The van der Waals surface area contributed by atoms with Gasteiger partial charge in [-0.3, -0.25) is 0 Å². The Morgan fingerprint density at radius 2 is 1.95 bits per heavy atom. The first-order chi connectivity index (χ1) is 10.2. The second-order valence-corrected chi connectivity index (χ2v) is 6.72. The Labute approximate surface area is 127 Å². The molecule has 2 aliphatic carbocycles. The predicted molar refractivity (Wildman–Crippen MR) is 79.8 cm³/mol. The van der Waals surface area contributed by atoms with Crippen molar-refractivity contribution >= 4 is 11.5 Å². The largest absolute Gasteiger partial charge is 0.405 e. The fraction of sp³-hybridized carbons (Fsp3) is 0.667. The van der Waals surface area contributed by atoms with Gasteiger partial charge in [0, 0.05) is 12.1 Å². The van der Waals surface area contributed by atoms with Gasteiger partial charge in [-0.25, -0.2) is 4.98 Å². The molecule has 2 fully saturated rings. The van der Waals surface area contributed by atoms with Crippen LogP contribution in [0.25, 0.3) is 0 Å². The van der Waals surface area contributed by atoms with E-state index >= 15 is 0 Å². The molecular weight excluding hydrogens is 293 g/mol. The van der Waals surface area contributed by atoms with E-state index in [1.54, 1.807) is 19.1 Å². The Kier molecular flexibility index (Phi) is 3.71. The van der Waals surface area contributed by atoms with Crippen LogP contribution >= 0.6 is 0 Å². The molecule has 0 aliphatic heterocycles. The number of nitrogens with zero attached hydrogens (tertiary/aromatic N) is 1. The second-order valence-electron chi connectivity index (χ2n) is 6.72. The van der Waals surface area contributed by atoms with Crippen molar-refractivity contribution in [2.24, 2.45) is 11.1 Å². The van der Waals surface area contributed by atoms with Gasteiger partial charge < -0.3 is 16.4 Å². The van der Waals surface area contributed by atoms with Crippen LogP contribution in [0.3, 0.4) is 0 Å². The van der Waals surface area contributed by atoms with Crippen molar-refractivity contribution in [3.63, 3.8) is 0 Å². The van der Waals surface area contributed by atoms with Crippen molar-refractivity contribution in [1.29, 1.82) is 0 Å². The van der Waals surface area contributed by atoms with Crippen LogP contribution in [0, 0.1) is 12.3 Å². The smallest absolute Gasteiger partial charge is 0.381 e. The second kappa shape index (κ2) is 5.30. The summed E-state index contributed by atoms with van der Waals surface area (Å²) in [6.45, 7) is 0.729. The van der Waals surface area contributed by atoms with Crippen LogP contribution in [-0.2, 0) is 0 Å². The highest BCUT2D eigenvalue weighted by molar-refractivity contribution is 5.53. The third-order valence-corrected chi connectivity index (χ3v) is 4.66. The molecule has 122 valence electrons. The molecule has 0 radical (unpaired) electrons. The highest BCUT2D eigenvalue weighted by atomic mass is 19.4. The normalized spacial score (nSPS) is 30.6. The van der Waals surface area contributed by atoms with Gasteiger partial charge in [0.25, 0.3) is 0 Å². The van der Waals surface area contributed by atoms with Gasteiger partial charge in [-0.15, -0.1) is 0 Å². The summed E-state index contributed by atoms with van der Waals surface area (Å²) in [5, 5.41) is 5.72. The molecule has 1 aromatic rings. The van der Waals surface area contributed by atoms with Crippen molar-refractivity contribution in [2.45, 2.75) is 50.9 Å². The summed E-state index contributed by atoms with van der Waals surface area (Å²) in [6, 6.07) is 4.15. The fourth-order valence-corrected chi connectivity index (χ4v) is 3.70. The average Bonchev–Trinajstić information content (AvgIpc) is 2.33. The Morgan fingerprint density at radius 1 is 1.27 bits per heavy atom. The van der Waals surface area contributed by atoms with E-state index in [2.05, 4.69) is 15.6 Å². The zero-order chi connectivity index (χ0) is 16.0. The Hall–Kier alpha value is -1.50. The lowest BCUT2D eigenvalue weighted by molar-refractivity contribution is -0.115. The number of nitrogens with one attached hydrogen (secondary N) is 2. The van der Waals surface area contributed by atoms with Crippen molar-refractivity contribution in [3.05, 3.63) is 17.8 Å².